The average Bonchev–Trinajstić information content (AvgIpc) is 3.18. The van der Waals surface area contributed by atoms with E-state index >= 15 is 0 Å². The molecule has 0 bridgehead atoms. The summed E-state index contributed by atoms with van der Waals surface area (Å²) in [4.78, 5) is 12.5. The van der Waals surface area contributed by atoms with Crippen LogP contribution in [0.2, 0.25) is 5.02 Å². The van der Waals surface area contributed by atoms with Gasteiger partial charge < -0.3 is 0 Å². The summed E-state index contributed by atoms with van der Waals surface area (Å²) in [6.45, 7) is 1.48. The summed E-state index contributed by atoms with van der Waals surface area (Å²) in [5.74, 6) is -0.505. The fourth-order valence-corrected chi connectivity index (χ4v) is 4.58. The molecule has 148 valence electrons. The molecule has 0 aliphatic heterocycles. The fourth-order valence-electron chi connectivity index (χ4n) is 2.99. The van der Waals surface area contributed by atoms with Crippen molar-refractivity contribution >= 4 is 38.9 Å². The van der Waals surface area contributed by atoms with Gasteiger partial charge in [0.1, 0.15) is 6.54 Å². The summed E-state index contributed by atoms with van der Waals surface area (Å²) in [5, 5.41) is 4.51. The monoisotopic (exact) mass is 419 g/mol. The number of halogens is 1. The van der Waals surface area contributed by atoms with Crippen LogP contribution in [0.3, 0.4) is 0 Å². The number of sulfonamides is 1. The maximum atomic E-state index is 13.2. The normalized spacial score (nSPS) is 14.0. The second-order valence-electron chi connectivity index (χ2n) is 6.72. The number of anilines is 1. The van der Waals surface area contributed by atoms with Crippen LogP contribution in [0.5, 0.6) is 0 Å². The number of hydrogen-bond donors (Lipinski definition) is 1. The van der Waals surface area contributed by atoms with Crippen molar-refractivity contribution in [3.05, 3.63) is 59.1 Å². The number of rotatable bonds is 6. The van der Waals surface area contributed by atoms with Gasteiger partial charge in [-0.05, 0) is 62.9 Å². The van der Waals surface area contributed by atoms with Crippen LogP contribution in [0, 0.1) is 6.92 Å². The lowest BCUT2D eigenvalue weighted by atomic mass is 10.2. The predicted octanol–water partition coefficient (Wildman–Crippen LogP) is 3.89. The standard InChI is InChI=1S/C20H22ClN3O3S/c1-15-9-11-19(12-10-15)28(26,27)24(18-8-4-5-16(21)13-18)14-20(25)23-22-17-6-2-3-7-17/h4-5,8-13H,2-3,6-7,14H2,1H3,(H,23,25). The Balaban J connectivity index is 1.89. The summed E-state index contributed by atoms with van der Waals surface area (Å²) >= 11 is 6.05. The fraction of sp³-hybridized carbons (Fsp3) is 0.300. The quantitative estimate of drug-likeness (QED) is 0.721. The van der Waals surface area contributed by atoms with Crippen LogP contribution in [0.1, 0.15) is 31.2 Å². The van der Waals surface area contributed by atoms with Crippen molar-refractivity contribution in [2.24, 2.45) is 5.10 Å². The number of nitrogens with one attached hydrogen (secondary N) is 1. The van der Waals surface area contributed by atoms with E-state index in [0.717, 1.165) is 41.3 Å². The van der Waals surface area contributed by atoms with Crippen molar-refractivity contribution in [1.82, 2.24) is 5.43 Å². The zero-order valence-electron chi connectivity index (χ0n) is 15.6. The summed E-state index contributed by atoms with van der Waals surface area (Å²) in [6.07, 6.45) is 3.84. The minimum Gasteiger partial charge on any atom is -0.271 e. The molecule has 2 aromatic rings. The highest BCUT2D eigenvalue weighted by atomic mass is 35.5. The summed E-state index contributed by atoms with van der Waals surface area (Å²) < 4.78 is 27.5. The van der Waals surface area contributed by atoms with Crippen molar-refractivity contribution in [2.75, 3.05) is 10.8 Å². The highest BCUT2D eigenvalue weighted by Gasteiger charge is 2.27. The van der Waals surface area contributed by atoms with E-state index in [0.29, 0.717) is 10.7 Å². The van der Waals surface area contributed by atoms with Crippen molar-refractivity contribution in [3.63, 3.8) is 0 Å². The van der Waals surface area contributed by atoms with Gasteiger partial charge in [-0.2, -0.15) is 5.10 Å². The SMILES string of the molecule is Cc1ccc(S(=O)(=O)N(CC(=O)NN=C2CCCC2)c2cccc(Cl)c2)cc1. The number of amides is 1. The Kier molecular flexibility index (Phi) is 6.36. The van der Waals surface area contributed by atoms with Crippen LogP contribution < -0.4 is 9.73 Å². The summed E-state index contributed by atoms with van der Waals surface area (Å²) in [6, 6.07) is 12.9. The summed E-state index contributed by atoms with van der Waals surface area (Å²) in [7, 11) is -3.95. The molecule has 0 saturated heterocycles. The molecule has 3 rings (SSSR count). The van der Waals surface area contributed by atoms with Crippen LogP contribution in [0.15, 0.2) is 58.5 Å². The molecule has 1 fully saturated rings. The molecular formula is C20H22ClN3O3S. The van der Waals surface area contributed by atoms with Gasteiger partial charge in [0.25, 0.3) is 15.9 Å². The molecule has 1 saturated carbocycles. The Bertz CT molecular complexity index is 980. The second-order valence-corrected chi connectivity index (χ2v) is 9.02. The lowest BCUT2D eigenvalue weighted by Crippen LogP contribution is -2.39. The van der Waals surface area contributed by atoms with E-state index in [1.165, 1.54) is 18.2 Å². The largest absolute Gasteiger partial charge is 0.271 e. The minimum absolute atomic E-state index is 0.105. The third-order valence-electron chi connectivity index (χ3n) is 4.51. The molecule has 0 aromatic heterocycles. The van der Waals surface area contributed by atoms with Gasteiger partial charge in [-0.25, -0.2) is 13.8 Å². The molecule has 0 radical (unpaired) electrons. The number of aryl methyl sites for hydroxylation is 1. The molecule has 1 aliphatic rings. The second kappa shape index (κ2) is 8.75. The van der Waals surface area contributed by atoms with Crippen LogP contribution in [0.4, 0.5) is 5.69 Å². The zero-order valence-corrected chi connectivity index (χ0v) is 17.1. The number of benzene rings is 2. The molecule has 0 unspecified atom stereocenters. The number of hydrogen-bond acceptors (Lipinski definition) is 4. The molecule has 1 N–H and O–H groups in total. The number of nitrogens with zero attached hydrogens (tertiary/aromatic N) is 2. The van der Waals surface area contributed by atoms with E-state index in [2.05, 4.69) is 10.5 Å². The van der Waals surface area contributed by atoms with Gasteiger partial charge in [-0.1, -0.05) is 35.4 Å². The van der Waals surface area contributed by atoms with Gasteiger partial charge in [0.2, 0.25) is 0 Å². The Morgan fingerprint density at radius 3 is 2.46 bits per heavy atom. The molecular weight excluding hydrogens is 398 g/mol. The van der Waals surface area contributed by atoms with Crippen LogP contribution in [-0.4, -0.2) is 26.6 Å². The number of carbonyl (C=O) groups excluding carboxylic acids is 1. The molecule has 28 heavy (non-hydrogen) atoms. The number of hydrazone groups is 1. The van der Waals surface area contributed by atoms with Crippen LogP contribution >= 0.6 is 11.6 Å². The van der Waals surface area contributed by atoms with E-state index < -0.39 is 22.5 Å². The van der Waals surface area contributed by atoms with Gasteiger partial charge in [0.05, 0.1) is 10.6 Å². The Labute approximate surface area is 170 Å². The van der Waals surface area contributed by atoms with E-state index in [1.54, 1.807) is 30.3 Å². The lowest BCUT2D eigenvalue weighted by molar-refractivity contribution is -0.119. The van der Waals surface area contributed by atoms with Crippen molar-refractivity contribution in [3.8, 4) is 0 Å². The van der Waals surface area contributed by atoms with Crippen molar-refractivity contribution in [1.29, 1.82) is 0 Å². The zero-order chi connectivity index (χ0) is 20.1. The Hall–Kier alpha value is -2.38. The lowest BCUT2D eigenvalue weighted by Gasteiger charge is -2.24. The highest BCUT2D eigenvalue weighted by molar-refractivity contribution is 7.92. The van der Waals surface area contributed by atoms with Crippen molar-refractivity contribution < 1.29 is 13.2 Å². The first-order chi connectivity index (χ1) is 13.4. The predicted molar refractivity (Wildman–Crippen MR) is 111 cm³/mol. The van der Waals surface area contributed by atoms with E-state index in [4.69, 9.17) is 11.6 Å². The molecule has 1 amide bonds. The molecule has 2 aromatic carbocycles. The molecule has 0 heterocycles. The van der Waals surface area contributed by atoms with Crippen LogP contribution in [0.25, 0.3) is 0 Å². The molecule has 6 nitrogen and oxygen atoms in total. The first-order valence-electron chi connectivity index (χ1n) is 9.05. The smallest absolute Gasteiger partial charge is 0.264 e. The Morgan fingerprint density at radius 2 is 1.82 bits per heavy atom. The first kappa shape index (κ1) is 20.4. The molecule has 1 aliphatic carbocycles. The average molecular weight is 420 g/mol. The third-order valence-corrected chi connectivity index (χ3v) is 6.53. The first-order valence-corrected chi connectivity index (χ1v) is 10.9. The number of carbonyl (C=O) groups is 1. The minimum atomic E-state index is -3.95. The van der Waals surface area contributed by atoms with E-state index in [-0.39, 0.29) is 4.90 Å². The molecule has 0 atom stereocenters. The van der Waals surface area contributed by atoms with Gasteiger partial charge in [-0.15, -0.1) is 0 Å². The molecule has 8 heteroatoms. The van der Waals surface area contributed by atoms with Gasteiger partial charge in [0.15, 0.2) is 0 Å². The highest BCUT2D eigenvalue weighted by Crippen LogP contribution is 2.26. The van der Waals surface area contributed by atoms with Gasteiger partial charge in [-0.3, -0.25) is 9.10 Å². The maximum absolute atomic E-state index is 13.2. The van der Waals surface area contributed by atoms with Crippen LogP contribution in [-0.2, 0) is 14.8 Å². The third kappa shape index (κ3) is 4.91. The Morgan fingerprint density at radius 1 is 1.14 bits per heavy atom. The molecule has 0 spiro atoms. The van der Waals surface area contributed by atoms with Gasteiger partial charge in [0, 0.05) is 10.7 Å². The summed E-state index contributed by atoms with van der Waals surface area (Å²) in [5.41, 5.74) is 4.68. The van der Waals surface area contributed by atoms with E-state index in [9.17, 15) is 13.2 Å². The van der Waals surface area contributed by atoms with Gasteiger partial charge >= 0.3 is 0 Å². The van der Waals surface area contributed by atoms with Crippen molar-refractivity contribution in [2.45, 2.75) is 37.5 Å². The van der Waals surface area contributed by atoms with E-state index in [1.807, 2.05) is 6.92 Å². The topological polar surface area (TPSA) is 78.8 Å². The maximum Gasteiger partial charge on any atom is 0.264 e.